The number of hydrogen-bond donors (Lipinski definition) is 0. The largest absolute Gasteiger partial charge is 0.469 e. The van der Waals surface area contributed by atoms with E-state index >= 15 is 0 Å². The highest BCUT2D eigenvalue weighted by Crippen LogP contribution is 2.09. The summed E-state index contributed by atoms with van der Waals surface area (Å²) in [5.41, 5.74) is 0. The molecule has 1 aromatic heterocycles. The lowest BCUT2D eigenvalue weighted by molar-refractivity contribution is -0.111. The van der Waals surface area contributed by atoms with Crippen LogP contribution < -0.4 is 0 Å². The minimum Gasteiger partial charge on any atom is -0.469 e. The van der Waals surface area contributed by atoms with Crippen molar-refractivity contribution in [2.75, 3.05) is 0 Å². The quantitative estimate of drug-likeness (QED) is 0.618. The summed E-state index contributed by atoms with van der Waals surface area (Å²) in [5, 5.41) is 0. The topological polar surface area (TPSA) is 30.2 Å². The molecule has 2 nitrogen and oxygen atoms in total. The highest BCUT2D eigenvalue weighted by atomic mass is 16.3. The van der Waals surface area contributed by atoms with E-state index in [4.69, 9.17) is 4.42 Å². The van der Waals surface area contributed by atoms with Crippen molar-refractivity contribution >= 4 is 6.29 Å². The van der Waals surface area contributed by atoms with Crippen LogP contribution in [0.5, 0.6) is 0 Å². The number of carbonyl (C=O) groups is 1. The van der Waals surface area contributed by atoms with Crippen molar-refractivity contribution in [2.45, 2.75) is 19.8 Å². The zero-order valence-corrected chi connectivity index (χ0v) is 6.62. The molecule has 0 saturated heterocycles. The molecule has 0 fully saturated rings. The Labute approximate surface area is 66.2 Å². The maximum Gasteiger partial charge on any atom is 0.123 e. The fraction of sp³-hybridized carbons (Fsp3) is 0.444. The normalized spacial score (nSPS) is 12.8. The Kier molecular flexibility index (Phi) is 2.90. The van der Waals surface area contributed by atoms with Crippen LogP contribution in [0.2, 0.25) is 0 Å². The second-order valence-electron chi connectivity index (χ2n) is 2.59. The van der Waals surface area contributed by atoms with Gasteiger partial charge in [0.05, 0.1) is 6.26 Å². The van der Waals surface area contributed by atoms with Gasteiger partial charge in [0.15, 0.2) is 0 Å². The lowest BCUT2D eigenvalue weighted by atomic mass is 10.0. The highest BCUT2D eigenvalue weighted by molar-refractivity contribution is 5.53. The Morgan fingerprint density at radius 3 is 3.00 bits per heavy atom. The molecule has 0 aliphatic rings. The summed E-state index contributed by atoms with van der Waals surface area (Å²) < 4.78 is 5.11. The maximum atomic E-state index is 10.4. The second kappa shape index (κ2) is 3.96. The lowest BCUT2D eigenvalue weighted by Gasteiger charge is -2.02. The van der Waals surface area contributed by atoms with Gasteiger partial charge in [-0.3, -0.25) is 0 Å². The van der Waals surface area contributed by atoms with Crippen LogP contribution in [0.15, 0.2) is 22.8 Å². The van der Waals surface area contributed by atoms with Gasteiger partial charge in [-0.25, -0.2) is 0 Å². The summed E-state index contributed by atoms with van der Waals surface area (Å²) in [6.45, 7) is 2.00. The summed E-state index contributed by atoms with van der Waals surface area (Å²) >= 11 is 0. The molecule has 1 atom stereocenters. The van der Waals surface area contributed by atoms with E-state index in [9.17, 15) is 4.79 Å². The number of furan rings is 1. The first-order valence-corrected chi connectivity index (χ1v) is 3.84. The molecule has 1 heterocycles. The highest BCUT2D eigenvalue weighted by Gasteiger charge is 2.06. The van der Waals surface area contributed by atoms with Crippen LogP contribution in [0.25, 0.3) is 0 Å². The molecule has 60 valence electrons. The summed E-state index contributed by atoms with van der Waals surface area (Å²) in [4.78, 5) is 10.4. The SMILES string of the molecule is CCC(C=O)Cc1ccco1. The molecule has 0 aliphatic carbocycles. The third-order valence-electron chi connectivity index (χ3n) is 1.76. The number of rotatable bonds is 4. The molecule has 0 bridgehead atoms. The van der Waals surface area contributed by atoms with Crippen LogP contribution in [-0.2, 0) is 11.2 Å². The van der Waals surface area contributed by atoms with Crippen LogP contribution in [0.4, 0.5) is 0 Å². The van der Waals surface area contributed by atoms with Gasteiger partial charge in [0, 0.05) is 12.3 Å². The average molecular weight is 152 g/mol. The van der Waals surface area contributed by atoms with Crippen molar-refractivity contribution in [1.29, 1.82) is 0 Å². The van der Waals surface area contributed by atoms with Gasteiger partial charge in [-0.05, 0) is 18.6 Å². The van der Waals surface area contributed by atoms with Crippen molar-refractivity contribution in [3.05, 3.63) is 24.2 Å². The Morgan fingerprint density at radius 2 is 2.55 bits per heavy atom. The van der Waals surface area contributed by atoms with Gasteiger partial charge >= 0.3 is 0 Å². The molecule has 0 aliphatic heterocycles. The minimum absolute atomic E-state index is 0.112. The molecule has 2 heteroatoms. The molecule has 0 saturated carbocycles. The number of aldehydes is 1. The van der Waals surface area contributed by atoms with E-state index in [1.54, 1.807) is 6.26 Å². The van der Waals surface area contributed by atoms with E-state index in [0.717, 1.165) is 24.9 Å². The zero-order chi connectivity index (χ0) is 8.10. The fourth-order valence-corrected chi connectivity index (χ4v) is 0.976. The molecule has 0 radical (unpaired) electrons. The third kappa shape index (κ3) is 2.22. The van der Waals surface area contributed by atoms with E-state index in [0.29, 0.717) is 0 Å². The van der Waals surface area contributed by atoms with Crippen LogP contribution in [0.1, 0.15) is 19.1 Å². The Bertz CT molecular complexity index is 201. The molecule has 1 aromatic rings. The number of hydrogen-bond acceptors (Lipinski definition) is 2. The van der Waals surface area contributed by atoms with Crippen molar-refractivity contribution < 1.29 is 9.21 Å². The van der Waals surface area contributed by atoms with Gasteiger partial charge < -0.3 is 9.21 Å². The molecule has 0 amide bonds. The summed E-state index contributed by atoms with van der Waals surface area (Å²) in [6, 6.07) is 3.74. The fourth-order valence-electron chi connectivity index (χ4n) is 0.976. The van der Waals surface area contributed by atoms with Gasteiger partial charge in [0.1, 0.15) is 12.0 Å². The van der Waals surface area contributed by atoms with Crippen LogP contribution in [0.3, 0.4) is 0 Å². The predicted molar refractivity (Wildman–Crippen MR) is 42.3 cm³/mol. The van der Waals surface area contributed by atoms with Gasteiger partial charge in [0.25, 0.3) is 0 Å². The first-order chi connectivity index (χ1) is 5.36. The van der Waals surface area contributed by atoms with E-state index in [1.807, 2.05) is 19.1 Å². The number of carbonyl (C=O) groups excluding carboxylic acids is 1. The van der Waals surface area contributed by atoms with Crippen molar-refractivity contribution in [2.24, 2.45) is 5.92 Å². The predicted octanol–water partition coefficient (Wildman–Crippen LogP) is 2.05. The molecule has 11 heavy (non-hydrogen) atoms. The van der Waals surface area contributed by atoms with Gasteiger partial charge in [0.2, 0.25) is 0 Å². The average Bonchev–Trinajstić information content (AvgIpc) is 2.52. The monoisotopic (exact) mass is 152 g/mol. The Hall–Kier alpha value is -1.05. The zero-order valence-electron chi connectivity index (χ0n) is 6.62. The van der Waals surface area contributed by atoms with Crippen LogP contribution >= 0.6 is 0 Å². The molecular weight excluding hydrogens is 140 g/mol. The molecule has 0 aromatic carbocycles. The molecule has 1 rings (SSSR count). The van der Waals surface area contributed by atoms with Crippen molar-refractivity contribution in [3.63, 3.8) is 0 Å². The first-order valence-electron chi connectivity index (χ1n) is 3.84. The summed E-state index contributed by atoms with van der Waals surface area (Å²) in [6.07, 6.45) is 4.23. The van der Waals surface area contributed by atoms with Gasteiger partial charge in [-0.15, -0.1) is 0 Å². The van der Waals surface area contributed by atoms with E-state index in [2.05, 4.69) is 0 Å². The van der Waals surface area contributed by atoms with Crippen molar-refractivity contribution in [3.8, 4) is 0 Å². The summed E-state index contributed by atoms with van der Waals surface area (Å²) in [7, 11) is 0. The molecule has 1 unspecified atom stereocenters. The molecule has 0 N–H and O–H groups in total. The smallest absolute Gasteiger partial charge is 0.123 e. The molecule has 0 spiro atoms. The van der Waals surface area contributed by atoms with Gasteiger partial charge in [-0.1, -0.05) is 6.92 Å². The molecular formula is C9H12O2. The van der Waals surface area contributed by atoms with E-state index in [1.165, 1.54) is 0 Å². The minimum atomic E-state index is 0.112. The van der Waals surface area contributed by atoms with Crippen LogP contribution in [0, 0.1) is 5.92 Å². The third-order valence-corrected chi connectivity index (χ3v) is 1.76. The van der Waals surface area contributed by atoms with Crippen molar-refractivity contribution in [1.82, 2.24) is 0 Å². The van der Waals surface area contributed by atoms with E-state index in [-0.39, 0.29) is 5.92 Å². The summed E-state index contributed by atoms with van der Waals surface area (Å²) in [5.74, 6) is 1.00. The first kappa shape index (κ1) is 8.05. The lowest BCUT2D eigenvalue weighted by Crippen LogP contribution is -2.03. The van der Waals surface area contributed by atoms with Crippen LogP contribution in [-0.4, -0.2) is 6.29 Å². The maximum absolute atomic E-state index is 10.4. The standard InChI is InChI=1S/C9H12O2/c1-2-8(7-10)6-9-4-3-5-11-9/h3-5,7-8H,2,6H2,1H3. The Balaban J connectivity index is 2.47. The van der Waals surface area contributed by atoms with Gasteiger partial charge in [-0.2, -0.15) is 0 Å². The Morgan fingerprint density at radius 1 is 1.73 bits per heavy atom. The second-order valence-corrected chi connectivity index (χ2v) is 2.59. The van der Waals surface area contributed by atoms with E-state index < -0.39 is 0 Å².